The van der Waals surface area contributed by atoms with E-state index in [4.69, 9.17) is 5.14 Å². The molecule has 3 N–H and O–H groups in total. The van der Waals surface area contributed by atoms with E-state index >= 15 is 0 Å². The molecule has 6 heteroatoms. The zero-order valence-corrected chi connectivity index (χ0v) is 14.3. The number of hydrogen-bond acceptors (Lipinski definition) is 3. The predicted molar refractivity (Wildman–Crippen MR) is 87.8 cm³/mol. The molecule has 0 unspecified atom stereocenters. The number of sulfonamides is 1. The molecule has 0 saturated carbocycles. The van der Waals surface area contributed by atoms with Crippen LogP contribution in [-0.2, 0) is 21.2 Å². The predicted octanol–water partition coefficient (Wildman–Crippen LogP) is 2.21. The third-order valence-corrected chi connectivity index (χ3v) is 4.37. The van der Waals surface area contributed by atoms with Crippen LogP contribution in [0.25, 0.3) is 0 Å². The molecule has 0 fully saturated rings. The third-order valence-electron chi connectivity index (χ3n) is 3.44. The fourth-order valence-electron chi connectivity index (χ4n) is 2.21. The van der Waals surface area contributed by atoms with Crippen molar-refractivity contribution >= 4 is 15.9 Å². The molecule has 0 aliphatic heterocycles. The van der Waals surface area contributed by atoms with Gasteiger partial charge in [0.2, 0.25) is 15.9 Å². The smallest absolute Gasteiger partial charge is 0.238 e. The summed E-state index contributed by atoms with van der Waals surface area (Å²) < 4.78 is 22.3. The van der Waals surface area contributed by atoms with Gasteiger partial charge in [-0.3, -0.25) is 4.79 Å². The van der Waals surface area contributed by atoms with Crippen LogP contribution >= 0.6 is 0 Å². The number of nitrogens with two attached hydrogens (primary N) is 1. The highest BCUT2D eigenvalue weighted by molar-refractivity contribution is 7.89. The van der Waals surface area contributed by atoms with E-state index < -0.39 is 10.0 Å². The number of carbonyl (C=O) groups excluding carboxylic acids is 1. The molecule has 1 rings (SSSR count). The molecule has 1 amide bonds. The Balaban J connectivity index is 2.45. The summed E-state index contributed by atoms with van der Waals surface area (Å²) in [5.74, 6) is 0.626. The van der Waals surface area contributed by atoms with Crippen molar-refractivity contribution in [2.24, 2.45) is 11.1 Å². The first-order chi connectivity index (χ1) is 10.2. The van der Waals surface area contributed by atoms with E-state index in [9.17, 15) is 13.2 Å². The van der Waals surface area contributed by atoms with Crippen molar-refractivity contribution < 1.29 is 13.2 Å². The van der Waals surface area contributed by atoms with Crippen molar-refractivity contribution in [2.75, 3.05) is 0 Å². The lowest BCUT2D eigenvalue weighted by Gasteiger charge is -2.14. The average molecular weight is 326 g/mol. The van der Waals surface area contributed by atoms with E-state index in [2.05, 4.69) is 19.2 Å². The molecule has 0 saturated heterocycles. The Bertz CT molecular complexity index is 580. The average Bonchev–Trinajstić information content (AvgIpc) is 2.37. The van der Waals surface area contributed by atoms with Crippen molar-refractivity contribution in [2.45, 2.75) is 57.4 Å². The van der Waals surface area contributed by atoms with Gasteiger partial charge in [-0.15, -0.1) is 0 Å². The molecular weight excluding hydrogens is 300 g/mol. The second kappa shape index (κ2) is 8.29. The number of primary sulfonamides is 1. The minimum atomic E-state index is -3.68. The van der Waals surface area contributed by atoms with Gasteiger partial charge >= 0.3 is 0 Å². The largest absolute Gasteiger partial charge is 0.353 e. The lowest BCUT2D eigenvalue weighted by Crippen LogP contribution is -2.33. The Morgan fingerprint density at radius 1 is 1.14 bits per heavy atom. The molecule has 5 nitrogen and oxygen atoms in total. The molecule has 1 aromatic carbocycles. The maximum atomic E-state index is 11.9. The van der Waals surface area contributed by atoms with Crippen LogP contribution in [0.4, 0.5) is 0 Å². The van der Waals surface area contributed by atoms with E-state index in [0.29, 0.717) is 5.92 Å². The van der Waals surface area contributed by atoms with E-state index in [1.165, 1.54) is 12.1 Å². The normalized spacial score (nSPS) is 13.1. The van der Waals surface area contributed by atoms with E-state index in [1.54, 1.807) is 12.1 Å². The summed E-state index contributed by atoms with van der Waals surface area (Å²) in [5, 5.41) is 8.00. The first kappa shape index (κ1) is 18.6. The molecular formula is C16H26N2O3S. The van der Waals surface area contributed by atoms with Crippen molar-refractivity contribution in [3.8, 4) is 0 Å². The molecule has 124 valence electrons. The summed E-state index contributed by atoms with van der Waals surface area (Å²) in [7, 11) is -3.68. The fourth-order valence-corrected chi connectivity index (χ4v) is 2.73. The Labute approximate surface area is 133 Å². The van der Waals surface area contributed by atoms with Crippen LogP contribution in [0.15, 0.2) is 29.2 Å². The van der Waals surface area contributed by atoms with Crippen molar-refractivity contribution in [3.05, 3.63) is 29.8 Å². The fraction of sp³-hybridized carbons (Fsp3) is 0.562. The summed E-state index contributed by atoms with van der Waals surface area (Å²) in [6.45, 7) is 6.38. The second-order valence-corrected chi connectivity index (χ2v) is 7.72. The molecule has 0 aliphatic rings. The Morgan fingerprint density at radius 3 is 2.23 bits per heavy atom. The highest BCUT2D eigenvalue weighted by atomic mass is 32.2. The van der Waals surface area contributed by atoms with Crippen LogP contribution in [0.1, 0.15) is 45.6 Å². The van der Waals surface area contributed by atoms with Gasteiger partial charge in [0, 0.05) is 6.04 Å². The van der Waals surface area contributed by atoms with Crippen LogP contribution in [0.3, 0.4) is 0 Å². The van der Waals surface area contributed by atoms with Gasteiger partial charge < -0.3 is 5.32 Å². The molecule has 0 spiro atoms. The topological polar surface area (TPSA) is 89.3 Å². The number of amides is 1. The number of benzene rings is 1. The van der Waals surface area contributed by atoms with Crippen molar-refractivity contribution in [1.29, 1.82) is 0 Å². The molecule has 22 heavy (non-hydrogen) atoms. The molecule has 0 aliphatic carbocycles. The molecule has 0 heterocycles. The van der Waals surface area contributed by atoms with Gasteiger partial charge in [-0.25, -0.2) is 13.6 Å². The number of rotatable bonds is 8. The van der Waals surface area contributed by atoms with E-state index in [-0.39, 0.29) is 23.3 Å². The lowest BCUT2D eigenvalue weighted by molar-refractivity contribution is -0.121. The van der Waals surface area contributed by atoms with Gasteiger partial charge in [0.05, 0.1) is 11.3 Å². The number of carbonyl (C=O) groups is 1. The standard InChI is InChI=1S/C16H26N2O3S/c1-12(2)5-4-6-13(3)18-16(19)11-14-7-9-15(10-8-14)22(17,20)21/h7-10,12-13H,4-6,11H2,1-3H3,(H,18,19)(H2,17,20,21)/t13-/m0/s1. The molecule has 0 bridgehead atoms. The van der Waals surface area contributed by atoms with Gasteiger partial charge in [0.25, 0.3) is 0 Å². The van der Waals surface area contributed by atoms with Gasteiger partial charge in [-0.05, 0) is 37.0 Å². The van der Waals surface area contributed by atoms with Gasteiger partial charge in [0.15, 0.2) is 0 Å². The van der Waals surface area contributed by atoms with E-state index in [1.807, 2.05) is 6.92 Å². The van der Waals surface area contributed by atoms with Crippen LogP contribution < -0.4 is 10.5 Å². The zero-order chi connectivity index (χ0) is 16.8. The van der Waals surface area contributed by atoms with Crippen LogP contribution in [0.5, 0.6) is 0 Å². The quantitative estimate of drug-likeness (QED) is 0.767. The first-order valence-electron chi connectivity index (χ1n) is 7.59. The van der Waals surface area contributed by atoms with Gasteiger partial charge in [0.1, 0.15) is 0 Å². The summed E-state index contributed by atoms with van der Waals surface area (Å²) in [5.41, 5.74) is 0.763. The SMILES string of the molecule is CC(C)CCC[C@H](C)NC(=O)Cc1ccc(S(N)(=O)=O)cc1. The van der Waals surface area contributed by atoms with Gasteiger partial charge in [-0.1, -0.05) is 38.8 Å². The van der Waals surface area contributed by atoms with Crippen molar-refractivity contribution in [1.82, 2.24) is 5.32 Å². The molecule has 0 aromatic heterocycles. The maximum absolute atomic E-state index is 11.9. The van der Waals surface area contributed by atoms with Crippen LogP contribution in [0.2, 0.25) is 0 Å². The lowest BCUT2D eigenvalue weighted by atomic mass is 10.0. The zero-order valence-electron chi connectivity index (χ0n) is 13.5. The van der Waals surface area contributed by atoms with Crippen LogP contribution in [-0.4, -0.2) is 20.4 Å². The number of hydrogen-bond donors (Lipinski definition) is 2. The third kappa shape index (κ3) is 7.04. The first-order valence-corrected chi connectivity index (χ1v) is 9.14. The van der Waals surface area contributed by atoms with Gasteiger partial charge in [-0.2, -0.15) is 0 Å². The Kier molecular flexibility index (Phi) is 7.03. The summed E-state index contributed by atoms with van der Waals surface area (Å²) >= 11 is 0. The summed E-state index contributed by atoms with van der Waals surface area (Å²) in [6, 6.07) is 6.22. The monoisotopic (exact) mass is 326 g/mol. The molecule has 1 aromatic rings. The number of nitrogens with one attached hydrogen (secondary N) is 1. The summed E-state index contributed by atoms with van der Waals surface area (Å²) in [4.78, 5) is 12.0. The highest BCUT2D eigenvalue weighted by Gasteiger charge is 2.10. The second-order valence-electron chi connectivity index (χ2n) is 6.16. The summed E-state index contributed by atoms with van der Waals surface area (Å²) in [6.07, 6.45) is 3.46. The van der Waals surface area contributed by atoms with E-state index in [0.717, 1.165) is 24.8 Å². The minimum Gasteiger partial charge on any atom is -0.353 e. The molecule has 1 atom stereocenters. The maximum Gasteiger partial charge on any atom is 0.238 e. The minimum absolute atomic E-state index is 0.0544. The molecule has 0 radical (unpaired) electrons. The van der Waals surface area contributed by atoms with Crippen LogP contribution in [0, 0.1) is 5.92 Å². The Hall–Kier alpha value is -1.40. The Morgan fingerprint density at radius 2 is 1.73 bits per heavy atom. The highest BCUT2D eigenvalue weighted by Crippen LogP contribution is 2.10. The van der Waals surface area contributed by atoms with Crippen molar-refractivity contribution in [3.63, 3.8) is 0 Å².